The van der Waals surface area contributed by atoms with Crippen LogP contribution < -0.4 is 0 Å². The molecule has 12 heavy (non-hydrogen) atoms. The first-order valence-corrected chi connectivity index (χ1v) is 5.14. The third-order valence-electron chi connectivity index (χ3n) is 2.93. The van der Waals surface area contributed by atoms with E-state index in [9.17, 15) is 5.11 Å². The summed E-state index contributed by atoms with van der Waals surface area (Å²) in [7, 11) is 0. The van der Waals surface area contributed by atoms with E-state index in [-0.39, 0.29) is 6.10 Å². The molecule has 0 aromatic heterocycles. The zero-order valence-electron chi connectivity index (χ0n) is 7.54. The maximum absolute atomic E-state index is 9.24. The first-order chi connectivity index (χ1) is 5.84. The van der Waals surface area contributed by atoms with Crippen molar-refractivity contribution in [3.63, 3.8) is 0 Å². The fourth-order valence-corrected chi connectivity index (χ4v) is 1.88. The summed E-state index contributed by atoms with van der Waals surface area (Å²) in [5, 5.41) is 9.24. The molecule has 2 aliphatic rings. The summed E-state index contributed by atoms with van der Waals surface area (Å²) in [6.45, 7) is 0.919. The molecular weight excluding hydrogens is 152 g/mol. The molecule has 0 amide bonds. The summed E-state index contributed by atoms with van der Waals surface area (Å²) in [6.07, 6.45) is 7.21. The van der Waals surface area contributed by atoms with Gasteiger partial charge < -0.3 is 9.84 Å². The summed E-state index contributed by atoms with van der Waals surface area (Å²) >= 11 is 0. The summed E-state index contributed by atoms with van der Waals surface area (Å²) < 4.78 is 5.66. The van der Waals surface area contributed by atoms with Crippen LogP contribution >= 0.6 is 0 Å². The molecule has 1 N–H and O–H groups in total. The Kier molecular flexibility index (Phi) is 2.66. The Hall–Kier alpha value is -0.0800. The molecule has 2 fully saturated rings. The number of ether oxygens (including phenoxy) is 1. The van der Waals surface area contributed by atoms with Crippen molar-refractivity contribution in [1.29, 1.82) is 0 Å². The highest BCUT2D eigenvalue weighted by Gasteiger charge is 2.25. The van der Waals surface area contributed by atoms with Gasteiger partial charge in [-0.1, -0.05) is 12.8 Å². The van der Waals surface area contributed by atoms with Crippen LogP contribution in [0.5, 0.6) is 0 Å². The maximum atomic E-state index is 9.24. The summed E-state index contributed by atoms with van der Waals surface area (Å²) in [6, 6.07) is 0. The van der Waals surface area contributed by atoms with Crippen molar-refractivity contribution in [2.45, 2.75) is 50.7 Å². The molecule has 2 nitrogen and oxygen atoms in total. The van der Waals surface area contributed by atoms with Gasteiger partial charge in [-0.05, 0) is 31.6 Å². The minimum Gasteiger partial charge on any atom is -0.393 e. The first kappa shape index (κ1) is 8.52. The van der Waals surface area contributed by atoms with E-state index in [4.69, 9.17) is 4.74 Å². The van der Waals surface area contributed by atoms with Gasteiger partial charge >= 0.3 is 0 Å². The maximum Gasteiger partial charge on any atom is 0.0600 e. The van der Waals surface area contributed by atoms with Gasteiger partial charge in [0.2, 0.25) is 0 Å². The van der Waals surface area contributed by atoms with Gasteiger partial charge in [-0.3, -0.25) is 0 Å². The number of aliphatic hydroxyl groups is 1. The van der Waals surface area contributed by atoms with Crippen molar-refractivity contribution < 1.29 is 9.84 Å². The van der Waals surface area contributed by atoms with Gasteiger partial charge in [0.1, 0.15) is 0 Å². The molecule has 2 atom stereocenters. The number of hydrogen-bond acceptors (Lipinski definition) is 2. The second-order valence-corrected chi connectivity index (χ2v) is 4.19. The molecule has 2 unspecified atom stereocenters. The minimum absolute atomic E-state index is 0.0871. The van der Waals surface area contributed by atoms with Crippen LogP contribution in [-0.4, -0.2) is 23.9 Å². The van der Waals surface area contributed by atoms with Crippen molar-refractivity contribution in [1.82, 2.24) is 0 Å². The van der Waals surface area contributed by atoms with Gasteiger partial charge in [0.25, 0.3) is 0 Å². The fraction of sp³-hybridized carbons (Fsp3) is 1.00. The molecule has 0 saturated heterocycles. The SMILES string of the molecule is OC1CCC(OCCC2CC2)C1. The molecule has 0 radical (unpaired) electrons. The average molecular weight is 170 g/mol. The van der Waals surface area contributed by atoms with E-state index in [1.54, 1.807) is 0 Å². The van der Waals surface area contributed by atoms with E-state index in [1.165, 1.54) is 19.3 Å². The van der Waals surface area contributed by atoms with Gasteiger partial charge in [-0.15, -0.1) is 0 Å². The van der Waals surface area contributed by atoms with E-state index in [2.05, 4.69) is 0 Å². The zero-order valence-corrected chi connectivity index (χ0v) is 7.54. The lowest BCUT2D eigenvalue weighted by Crippen LogP contribution is -2.11. The van der Waals surface area contributed by atoms with E-state index in [0.29, 0.717) is 6.10 Å². The molecule has 2 rings (SSSR count). The van der Waals surface area contributed by atoms with Crippen molar-refractivity contribution in [3.05, 3.63) is 0 Å². The monoisotopic (exact) mass is 170 g/mol. The molecule has 0 aromatic carbocycles. The highest BCUT2D eigenvalue weighted by molar-refractivity contribution is 4.76. The number of hydrogen-bond donors (Lipinski definition) is 1. The standard InChI is InChI=1S/C10H18O2/c11-9-3-4-10(7-9)12-6-5-8-1-2-8/h8-11H,1-7H2. The zero-order chi connectivity index (χ0) is 8.39. The fourth-order valence-electron chi connectivity index (χ4n) is 1.88. The molecule has 0 aliphatic heterocycles. The first-order valence-electron chi connectivity index (χ1n) is 5.14. The molecule has 2 saturated carbocycles. The molecule has 2 heteroatoms. The van der Waals surface area contributed by atoms with Crippen molar-refractivity contribution >= 4 is 0 Å². The van der Waals surface area contributed by atoms with E-state index in [1.807, 2.05) is 0 Å². The van der Waals surface area contributed by atoms with Crippen LogP contribution in [0.25, 0.3) is 0 Å². The van der Waals surface area contributed by atoms with Gasteiger partial charge in [-0.2, -0.15) is 0 Å². The number of aliphatic hydroxyl groups excluding tert-OH is 1. The van der Waals surface area contributed by atoms with Crippen LogP contribution in [0.4, 0.5) is 0 Å². The van der Waals surface area contributed by atoms with Crippen LogP contribution in [0.15, 0.2) is 0 Å². The molecule has 2 aliphatic carbocycles. The topological polar surface area (TPSA) is 29.5 Å². The highest BCUT2D eigenvalue weighted by atomic mass is 16.5. The number of rotatable bonds is 4. The van der Waals surface area contributed by atoms with Gasteiger partial charge in [-0.25, -0.2) is 0 Å². The quantitative estimate of drug-likeness (QED) is 0.696. The summed E-state index contributed by atoms with van der Waals surface area (Å²) in [5.74, 6) is 0.969. The summed E-state index contributed by atoms with van der Waals surface area (Å²) in [5.41, 5.74) is 0. The largest absolute Gasteiger partial charge is 0.393 e. The highest BCUT2D eigenvalue weighted by Crippen LogP contribution is 2.32. The van der Waals surface area contributed by atoms with Crippen LogP contribution in [0.3, 0.4) is 0 Å². The van der Waals surface area contributed by atoms with E-state index >= 15 is 0 Å². The van der Waals surface area contributed by atoms with Crippen LogP contribution in [-0.2, 0) is 4.74 Å². The van der Waals surface area contributed by atoms with E-state index in [0.717, 1.165) is 31.8 Å². The second-order valence-electron chi connectivity index (χ2n) is 4.19. The van der Waals surface area contributed by atoms with E-state index < -0.39 is 0 Å². The van der Waals surface area contributed by atoms with Crippen LogP contribution in [0, 0.1) is 5.92 Å². The van der Waals surface area contributed by atoms with Crippen LogP contribution in [0.1, 0.15) is 38.5 Å². The Balaban J connectivity index is 1.54. The smallest absolute Gasteiger partial charge is 0.0600 e. The average Bonchev–Trinajstić information content (AvgIpc) is 2.76. The molecule has 0 aromatic rings. The van der Waals surface area contributed by atoms with Gasteiger partial charge in [0, 0.05) is 6.61 Å². The lowest BCUT2D eigenvalue weighted by atomic mass is 10.3. The predicted molar refractivity (Wildman–Crippen MR) is 46.9 cm³/mol. The Morgan fingerprint density at radius 1 is 1.17 bits per heavy atom. The Bertz CT molecular complexity index is 143. The Morgan fingerprint density at radius 2 is 2.00 bits per heavy atom. The third kappa shape index (κ3) is 2.46. The second kappa shape index (κ2) is 3.75. The lowest BCUT2D eigenvalue weighted by Gasteiger charge is -2.10. The van der Waals surface area contributed by atoms with Crippen LogP contribution in [0.2, 0.25) is 0 Å². The molecule has 70 valence electrons. The molecule has 0 heterocycles. The molecular formula is C10H18O2. The Morgan fingerprint density at radius 3 is 2.58 bits per heavy atom. The van der Waals surface area contributed by atoms with Crippen molar-refractivity contribution in [2.24, 2.45) is 5.92 Å². The van der Waals surface area contributed by atoms with Gasteiger partial charge in [0.05, 0.1) is 12.2 Å². The molecule has 0 bridgehead atoms. The third-order valence-corrected chi connectivity index (χ3v) is 2.93. The predicted octanol–water partition coefficient (Wildman–Crippen LogP) is 1.72. The Labute approximate surface area is 73.9 Å². The molecule has 0 spiro atoms. The summed E-state index contributed by atoms with van der Waals surface area (Å²) in [4.78, 5) is 0. The van der Waals surface area contributed by atoms with Crippen molar-refractivity contribution in [3.8, 4) is 0 Å². The van der Waals surface area contributed by atoms with Crippen molar-refractivity contribution in [2.75, 3.05) is 6.61 Å². The van der Waals surface area contributed by atoms with Gasteiger partial charge in [0.15, 0.2) is 0 Å². The lowest BCUT2D eigenvalue weighted by molar-refractivity contribution is 0.0439. The normalized spacial score (nSPS) is 35.8. The minimum atomic E-state index is -0.0871.